The van der Waals surface area contributed by atoms with E-state index in [0.717, 1.165) is 5.56 Å². The molecular formula is C29H25ClN6O4. The summed E-state index contributed by atoms with van der Waals surface area (Å²) in [4.78, 5) is 54.2. The Bertz CT molecular complexity index is 1580. The fourth-order valence-corrected chi connectivity index (χ4v) is 4.68. The Hall–Kier alpha value is -4.83. The minimum Gasteiger partial charge on any atom is -0.480 e. The first-order valence-electron chi connectivity index (χ1n) is 12.4. The van der Waals surface area contributed by atoms with Crippen LogP contribution in [0.25, 0.3) is 0 Å². The van der Waals surface area contributed by atoms with Crippen LogP contribution in [-0.4, -0.2) is 50.7 Å². The van der Waals surface area contributed by atoms with Gasteiger partial charge in [0.15, 0.2) is 5.82 Å². The van der Waals surface area contributed by atoms with Crippen LogP contribution in [0.5, 0.6) is 5.88 Å². The van der Waals surface area contributed by atoms with Gasteiger partial charge in [0.2, 0.25) is 11.8 Å². The highest BCUT2D eigenvalue weighted by Crippen LogP contribution is 2.29. The van der Waals surface area contributed by atoms with E-state index in [2.05, 4.69) is 25.6 Å². The van der Waals surface area contributed by atoms with Gasteiger partial charge in [-0.2, -0.15) is 0 Å². The number of hydrogen-bond acceptors (Lipinski definition) is 7. The minimum absolute atomic E-state index is 0.137. The van der Waals surface area contributed by atoms with Gasteiger partial charge >= 0.3 is 0 Å². The maximum absolute atomic E-state index is 13.8. The van der Waals surface area contributed by atoms with Crippen molar-refractivity contribution in [1.82, 2.24) is 19.9 Å². The average molecular weight is 557 g/mol. The van der Waals surface area contributed by atoms with E-state index in [4.69, 9.17) is 16.3 Å². The molecule has 5 rings (SSSR count). The Morgan fingerprint density at radius 2 is 1.93 bits per heavy atom. The molecule has 0 bridgehead atoms. The van der Waals surface area contributed by atoms with Gasteiger partial charge in [-0.05, 0) is 54.4 Å². The zero-order valence-corrected chi connectivity index (χ0v) is 22.5. The second kappa shape index (κ2) is 11.5. The van der Waals surface area contributed by atoms with Crippen LogP contribution in [0.1, 0.15) is 37.5 Å². The van der Waals surface area contributed by atoms with E-state index >= 15 is 0 Å². The van der Waals surface area contributed by atoms with Gasteiger partial charge < -0.3 is 20.3 Å². The molecular weight excluding hydrogens is 532 g/mol. The quantitative estimate of drug-likeness (QED) is 0.347. The molecule has 1 aliphatic heterocycles. The van der Waals surface area contributed by atoms with Gasteiger partial charge in [-0.1, -0.05) is 29.8 Å². The number of amides is 3. The second-order valence-corrected chi connectivity index (χ2v) is 9.64. The number of rotatable bonds is 7. The molecule has 10 nitrogen and oxygen atoms in total. The maximum Gasteiger partial charge on any atom is 0.257 e. The first-order valence-corrected chi connectivity index (χ1v) is 12.8. The monoisotopic (exact) mass is 556 g/mol. The van der Waals surface area contributed by atoms with Crippen molar-refractivity contribution in [2.75, 3.05) is 17.7 Å². The number of anilines is 2. The molecule has 0 radical (unpaired) electrons. The lowest BCUT2D eigenvalue weighted by molar-refractivity contribution is -0.120. The molecule has 0 saturated carbocycles. The number of halogens is 1. The van der Waals surface area contributed by atoms with Crippen molar-refractivity contribution in [3.05, 3.63) is 106 Å². The largest absolute Gasteiger partial charge is 0.480 e. The lowest BCUT2D eigenvalue weighted by Crippen LogP contribution is -2.46. The maximum atomic E-state index is 13.8. The summed E-state index contributed by atoms with van der Waals surface area (Å²) in [6.45, 7) is 1.94. The van der Waals surface area contributed by atoms with Gasteiger partial charge in [0, 0.05) is 35.4 Å². The smallest absolute Gasteiger partial charge is 0.257 e. The number of aromatic nitrogens is 3. The van der Waals surface area contributed by atoms with Crippen LogP contribution in [0.4, 0.5) is 11.5 Å². The number of carbonyl (C=O) groups excluding carboxylic acids is 3. The molecule has 3 amide bonds. The van der Waals surface area contributed by atoms with E-state index in [1.165, 1.54) is 24.4 Å². The third kappa shape index (κ3) is 5.76. The number of pyridine rings is 1. The summed E-state index contributed by atoms with van der Waals surface area (Å²) in [5, 5.41) is 5.99. The summed E-state index contributed by atoms with van der Waals surface area (Å²) in [7, 11) is 1.48. The Labute approximate surface area is 235 Å². The predicted octanol–water partition coefficient (Wildman–Crippen LogP) is 4.30. The highest BCUT2D eigenvalue weighted by molar-refractivity contribution is 6.31. The summed E-state index contributed by atoms with van der Waals surface area (Å²) in [5.41, 5.74) is 3.26. The van der Waals surface area contributed by atoms with Crippen LogP contribution in [0, 0.1) is 6.92 Å². The molecule has 4 aromatic rings. The van der Waals surface area contributed by atoms with E-state index in [0.29, 0.717) is 39.0 Å². The minimum atomic E-state index is -0.828. The summed E-state index contributed by atoms with van der Waals surface area (Å²) in [6.07, 6.45) is 4.69. The third-order valence-electron chi connectivity index (χ3n) is 6.51. The zero-order chi connectivity index (χ0) is 28.2. The van der Waals surface area contributed by atoms with Crippen molar-refractivity contribution in [3.63, 3.8) is 0 Å². The molecule has 2 aromatic heterocycles. The van der Waals surface area contributed by atoms with Crippen molar-refractivity contribution in [2.45, 2.75) is 25.9 Å². The predicted molar refractivity (Wildman–Crippen MR) is 149 cm³/mol. The van der Waals surface area contributed by atoms with Crippen LogP contribution in [0.15, 0.2) is 73.2 Å². The lowest BCUT2D eigenvalue weighted by atomic mass is 10.0. The Balaban J connectivity index is 1.42. The number of fused-ring (bicyclic) bond motifs is 1. The normalized spacial score (nSPS) is 14.7. The highest BCUT2D eigenvalue weighted by Gasteiger charge is 2.36. The fraction of sp³-hybridized carbons (Fsp3) is 0.172. The standard InChI is InChI=1S/C29H25ClN6O4/c1-17-11-18(6-8-21(17)27(37)35-25-14-33-26(40-2)15-32-25)16-36-24(13-20-5-3-4-10-31-20)28(38)34-23-12-19(30)7-9-22(23)29(36)39/h3-12,14-15,24H,13,16H2,1-2H3,(H,34,38)(H,32,35,37)/t24-/m1/s1. The van der Waals surface area contributed by atoms with Gasteiger partial charge in [-0.25, -0.2) is 9.97 Å². The molecule has 1 atom stereocenters. The molecule has 2 aromatic carbocycles. The van der Waals surface area contributed by atoms with Crippen molar-refractivity contribution in [1.29, 1.82) is 0 Å². The third-order valence-corrected chi connectivity index (χ3v) is 6.74. The average Bonchev–Trinajstić information content (AvgIpc) is 3.03. The number of nitrogens with zero attached hydrogens (tertiary/aromatic N) is 4. The van der Waals surface area contributed by atoms with E-state index < -0.39 is 6.04 Å². The van der Waals surface area contributed by atoms with E-state index in [-0.39, 0.29) is 36.5 Å². The molecule has 0 saturated heterocycles. The zero-order valence-electron chi connectivity index (χ0n) is 21.7. The summed E-state index contributed by atoms with van der Waals surface area (Å²) in [5.74, 6) is -0.390. The van der Waals surface area contributed by atoms with Gasteiger partial charge in [0.25, 0.3) is 11.8 Å². The number of methoxy groups -OCH3 is 1. The van der Waals surface area contributed by atoms with E-state index in [9.17, 15) is 14.4 Å². The number of carbonyl (C=O) groups is 3. The first kappa shape index (κ1) is 26.8. The summed E-state index contributed by atoms with van der Waals surface area (Å²) >= 11 is 6.15. The van der Waals surface area contributed by atoms with Crippen LogP contribution in [0.3, 0.4) is 0 Å². The van der Waals surface area contributed by atoms with Gasteiger partial charge in [0.05, 0.1) is 30.8 Å². The van der Waals surface area contributed by atoms with Crippen LogP contribution >= 0.6 is 11.6 Å². The molecule has 0 spiro atoms. The fourth-order valence-electron chi connectivity index (χ4n) is 4.51. The molecule has 1 aliphatic rings. The van der Waals surface area contributed by atoms with Crippen molar-refractivity contribution >= 4 is 40.8 Å². The summed E-state index contributed by atoms with van der Waals surface area (Å²) in [6, 6.07) is 14.7. The van der Waals surface area contributed by atoms with E-state index in [1.807, 2.05) is 18.2 Å². The number of benzene rings is 2. The summed E-state index contributed by atoms with van der Waals surface area (Å²) < 4.78 is 4.99. The first-order chi connectivity index (χ1) is 19.3. The molecule has 2 N–H and O–H groups in total. The SMILES string of the molecule is COc1cnc(NC(=O)c2ccc(CN3C(=O)c4ccc(Cl)cc4NC(=O)[C@H]3Cc3ccccn3)cc2C)cn1. The molecule has 40 heavy (non-hydrogen) atoms. The lowest BCUT2D eigenvalue weighted by Gasteiger charge is -2.29. The number of nitrogens with one attached hydrogen (secondary N) is 2. The van der Waals surface area contributed by atoms with Crippen molar-refractivity contribution in [3.8, 4) is 5.88 Å². The van der Waals surface area contributed by atoms with Crippen LogP contribution < -0.4 is 15.4 Å². The van der Waals surface area contributed by atoms with Gasteiger partial charge in [0.1, 0.15) is 6.04 Å². The molecule has 3 heterocycles. The Morgan fingerprint density at radius 1 is 1.07 bits per heavy atom. The van der Waals surface area contributed by atoms with Gasteiger partial charge in [-0.3, -0.25) is 19.4 Å². The molecule has 11 heteroatoms. The Morgan fingerprint density at radius 3 is 2.62 bits per heavy atom. The van der Waals surface area contributed by atoms with Crippen LogP contribution in [-0.2, 0) is 17.8 Å². The van der Waals surface area contributed by atoms with Gasteiger partial charge in [-0.15, -0.1) is 0 Å². The molecule has 0 fully saturated rings. The molecule has 0 unspecified atom stereocenters. The van der Waals surface area contributed by atoms with E-state index in [1.54, 1.807) is 49.5 Å². The number of aryl methyl sites for hydroxylation is 1. The number of hydrogen-bond donors (Lipinski definition) is 2. The second-order valence-electron chi connectivity index (χ2n) is 9.20. The van der Waals surface area contributed by atoms with Crippen LogP contribution in [0.2, 0.25) is 5.02 Å². The Kier molecular flexibility index (Phi) is 7.70. The number of ether oxygens (including phenoxy) is 1. The van der Waals surface area contributed by atoms with Crippen molar-refractivity contribution in [2.24, 2.45) is 0 Å². The topological polar surface area (TPSA) is 126 Å². The molecule has 0 aliphatic carbocycles. The molecule has 202 valence electrons. The highest BCUT2D eigenvalue weighted by atomic mass is 35.5. The van der Waals surface area contributed by atoms with Crippen molar-refractivity contribution < 1.29 is 19.1 Å².